The van der Waals surface area contributed by atoms with Crippen molar-refractivity contribution in [1.29, 1.82) is 0 Å². The van der Waals surface area contributed by atoms with Crippen LogP contribution in [0.4, 0.5) is 8.78 Å². The first-order valence-electron chi connectivity index (χ1n) is 4.98. The Morgan fingerprint density at radius 1 is 1.06 bits per heavy atom. The lowest BCUT2D eigenvalue weighted by atomic mass is 10.0. The lowest BCUT2D eigenvalue weighted by Gasteiger charge is -2.07. The van der Waals surface area contributed by atoms with Crippen molar-refractivity contribution in [3.63, 3.8) is 0 Å². The normalized spacial score (nSPS) is 10.4. The van der Waals surface area contributed by atoms with E-state index in [0.717, 1.165) is 6.07 Å². The van der Waals surface area contributed by atoms with Crippen molar-refractivity contribution >= 4 is 21.9 Å². The second-order valence-electron chi connectivity index (χ2n) is 3.60. The van der Waals surface area contributed by atoms with Crippen LogP contribution < -0.4 is 0 Å². The quantitative estimate of drug-likeness (QED) is 0.848. The predicted octanol–water partition coefficient (Wildman–Crippen LogP) is 4.09. The highest BCUT2D eigenvalue weighted by atomic mass is 79.9. The van der Waals surface area contributed by atoms with Gasteiger partial charge in [-0.2, -0.15) is 0 Å². The van der Waals surface area contributed by atoms with Crippen molar-refractivity contribution in [3.05, 3.63) is 58.1 Å². The third kappa shape index (κ3) is 2.26. The molecule has 0 aliphatic rings. The lowest BCUT2D eigenvalue weighted by molar-refractivity contribution is 0.0697. The maximum absolute atomic E-state index is 13.8. The van der Waals surface area contributed by atoms with Crippen LogP contribution in [0.5, 0.6) is 0 Å². The molecular formula is C13H7BrF2O2. The van der Waals surface area contributed by atoms with Crippen LogP contribution in [0.25, 0.3) is 11.1 Å². The SMILES string of the molecule is O=C(O)c1ccc(-c2c(F)ccc(Br)c2F)cc1. The van der Waals surface area contributed by atoms with Gasteiger partial charge in [-0.3, -0.25) is 0 Å². The number of halogens is 3. The molecule has 0 aromatic heterocycles. The Kier molecular flexibility index (Phi) is 3.43. The molecule has 5 heteroatoms. The van der Waals surface area contributed by atoms with Gasteiger partial charge in [0.05, 0.1) is 15.6 Å². The van der Waals surface area contributed by atoms with E-state index in [0.29, 0.717) is 0 Å². The summed E-state index contributed by atoms with van der Waals surface area (Å²) in [6, 6.07) is 7.77. The second kappa shape index (κ2) is 4.86. The van der Waals surface area contributed by atoms with Gasteiger partial charge < -0.3 is 5.11 Å². The van der Waals surface area contributed by atoms with Crippen molar-refractivity contribution in [2.75, 3.05) is 0 Å². The Hall–Kier alpha value is -1.75. The number of hydrogen-bond donors (Lipinski definition) is 1. The highest BCUT2D eigenvalue weighted by Crippen LogP contribution is 2.30. The highest BCUT2D eigenvalue weighted by Gasteiger charge is 2.14. The monoisotopic (exact) mass is 312 g/mol. The van der Waals surface area contributed by atoms with E-state index < -0.39 is 17.6 Å². The molecule has 92 valence electrons. The van der Waals surface area contributed by atoms with Crippen molar-refractivity contribution in [2.24, 2.45) is 0 Å². The smallest absolute Gasteiger partial charge is 0.335 e. The van der Waals surface area contributed by atoms with Crippen molar-refractivity contribution in [1.82, 2.24) is 0 Å². The zero-order valence-electron chi connectivity index (χ0n) is 8.95. The summed E-state index contributed by atoms with van der Waals surface area (Å²) in [5.41, 5.74) is 0.173. The van der Waals surface area contributed by atoms with Crippen LogP contribution in [-0.2, 0) is 0 Å². The van der Waals surface area contributed by atoms with E-state index in [2.05, 4.69) is 15.9 Å². The predicted molar refractivity (Wildman–Crippen MR) is 66.5 cm³/mol. The molecule has 2 rings (SSSR count). The van der Waals surface area contributed by atoms with Gasteiger partial charge in [0.25, 0.3) is 0 Å². The minimum atomic E-state index is -1.09. The van der Waals surface area contributed by atoms with E-state index in [4.69, 9.17) is 5.11 Å². The minimum absolute atomic E-state index is 0.0644. The molecule has 0 aliphatic heterocycles. The Bertz CT molecular complexity index is 609. The number of rotatable bonds is 2. The molecule has 1 N–H and O–H groups in total. The van der Waals surface area contributed by atoms with Gasteiger partial charge in [0.1, 0.15) is 11.6 Å². The topological polar surface area (TPSA) is 37.3 Å². The van der Waals surface area contributed by atoms with Crippen molar-refractivity contribution in [2.45, 2.75) is 0 Å². The van der Waals surface area contributed by atoms with Gasteiger partial charge in [-0.1, -0.05) is 12.1 Å². The third-order valence-electron chi connectivity index (χ3n) is 2.46. The molecule has 0 heterocycles. The Balaban J connectivity index is 2.55. The van der Waals surface area contributed by atoms with Crippen LogP contribution in [0.2, 0.25) is 0 Å². The maximum Gasteiger partial charge on any atom is 0.335 e. The van der Waals surface area contributed by atoms with Gasteiger partial charge in [0, 0.05) is 0 Å². The van der Waals surface area contributed by atoms with E-state index in [1.165, 1.54) is 30.3 Å². The molecule has 18 heavy (non-hydrogen) atoms. The van der Waals surface area contributed by atoms with Crippen LogP contribution in [0, 0.1) is 11.6 Å². The average molecular weight is 313 g/mol. The molecule has 0 unspecified atom stereocenters. The lowest BCUT2D eigenvalue weighted by Crippen LogP contribution is -1.96. The highest BCUT2D eigenvalue weighted by molar-refractivity contribution is 9.10. The Morgan fingerprint density at radius 2 is 1.67 bits per heavy atom. The van der Waals surface area contributed by atoms with Gasteiger partial charge in [-0.05, 0) is 45.8 Å². The number of benzene rings is 2. The number of carbonyl (C=O) groups is 1. The summed E-state index contributed by atoms with van der Waals surface area (Å²) < 4.78 is 27.6. The van der Waals surface area contributed by atoms with Gasteiger partial charge >= 0.3 is 5.97 Å². The number of carboxylic acid groups (broad SMARTS) is 1. The molecule has 0 radical (unpaired) electrons. The van der Waals surface area contributed by atoms with Crippen molar-refractivity contribution in [3.8, 4) is 11.1 Å². The molecule has 2 aromatic carbocycles. The molecular weight excluding hydrogens is 306 g/mol. The summed E-state index contributed by atoms with van der Waals surface area (Å²) in [5.74, 6) is -2.49. The third-order valence-corrected chi connectivity index (χ3v) is 3.08. The fourth-order valence-electron chi connectivity index (χ4n) is 1.57. The fraction of sp³-hybridized carbons (Fsp3) is 0. The van der Waals surface area contributed by atoms with Crippen molar-refractivity contribution < 1.29 is 18.7 Å². The standard InChI is InChI=1S/C13H7BrF2O2/c14-9-5-6-10(15)11(12(9)16)7-1-3-8(4-2-7)13(17)18/h1-6H,(H,17,18). The summed E-state index contributed by atoms with van der Waals surface area (Å²) in [6.07, 6.45) is 0. The van der Waals surface area contributed by atoms with E-state index in [1.807, 2.05) is 0 Å². The van der Waals surface area contributed by atoms with Crippen LogP contribution in [0.1, 0.15) is 10.4 Å². The number of aromatic carboxylic acids is 1. The molecule has 0 saturated carbocycles. The van der Waals surface area contributed by atoms with Gasteiger partial charge in [-0.15, -0.1) is 0 Å². The zero-order valence-corrected chi connectivity index (χ0v) is 10.5. The summed E-state index contributed by atoms with van der Waals surface area (Å²) in [5, 5.41) is 8.74. The van der Waals surface area contributed by atoms with Crippen LogP contribution in [0.15, 0.2) is 40.9 Å². The molecule has 2 aromatic rings. The number of hydrogen-bond acceptors (Lipinski definition) is 1. The number of carboxylic acids is 1. The van der Waals surface area contributed by atoms with Gasteiger partial charge in [0.2, 0.25) is 0 Å². The van der Waals surface area contributed by atoms with Gasteiger partial charge in [-0.25, -0.2) is 13.6 Å². The zero-order chi connectivity index (χ0) is 13.3. The van der Waals surface area contributed by atoms with Crippen LogP contribution in [0.3, 0.4) is 0 Å². The van der Waals surface area contributed by atoms with Gasteiger partial charge in [0.15, 0.2) is 0 Å². The first-order valence-corrected chi connectivity index (χ1v) is 5.77. The molecule has 0 atom stereocenters. The molecule has 0 fully saturated rings. The Labute approximate surface area is 110 Å². The van der Waals surface area contributed by atoms with Crippen LogP contribution in [-0.4, -0.2) is 11.1 Å². The van der Waals surface area contributed by atoms with E-state index in [9.17, 15) is 13.6 Å². The van der Waals surface area contributed by atoms with E-state index in [1.54, 1.807) is 0 Å². The largest absolute Gasteiger partial charge is 0.478 e. The first-order chi connectivity index (χ1) is 8.50. The Morgan fingerprint density at radius 3 is 2.22 bits per heavy atom. The molecule has 0 amide bonds. The molecule has 2 nitrogen and oxygen atoms in total. The summed E-state index contributed by atoms with van der Waals surface area (Å²) in [7, 11) is 0. The summed E-state index contributed by atoms with van der Waals surface area (Å²) in [6.45, 7) is 0. The molecule has 0 aliphatic carbocycles. The van der Waals surface area contributed by atoms with E-state index >= 15 is 0 Å². The first kappa shape index (κ1) is 12.7. The minimum Gasteiger partial charge on any atom is -0.478 e. The molecule has 0 spiro atoms. The van der Waals surface area contributed by atoms with Crippen LogP contribution >= 0.6 is 15.9 Å². The summed E-state index contributed by atoms with van der Waals surface area (Å²) in [4.78, 5) is 10.7. The van der Waals surface area contributed by atoms with E-state index in [-0.39, 0.29) is 21.2 Å². The average Bonchev–Trinajstić information content (AvgIpc) is 2.35. The molecule has 0 bridgehead atoms. The second-order valence-corrected chi connectivity index (χ2v) is 4.46. The fourth-order valence-corrected chi connectivity index (χ4v) is 1.90. The summed E-state index contributed by atoms with van der Waals surface area (Å²) >= 11 is 2.98. The maximum atomic E-state index is 13.8. The molecule has 0 saturated heterocycles.